The third-order valence-electron chi connectivity index (χ3n) is 7.39. The van der Waals surface area contributed by atoms with Crippen molar-refractivity contribution < 1.29 is 33.8 Å². The number of hydrogen-bond donors (Lipinski definition) is 4. The van der Waals surface area contributed by atoms with Gasteiger partial charge in [-0.05, 0) is 47.0 Å². The molecular formula is C35H33N3O7. The fourth-order valence-electron chi connectivity index (χ4n) is 5.15. The number of phenols is 1. The van der Waals surface area contributed by atoms with E-state index in [2.05, 4.69) is 16.0 Å². The Morgan fingerprint density at radius 3 is 2.16 bits per heavy atom. The molecule has 4 aromatic carbocycles. The van der Waals surface area contributed by atoms with Gasteiger partial charge in [0.05, 0.1) is 20.0 Å². The molecule has 0 aromatic heterocycles. The van der Waals surface area contributed by atoms with Crippen molar-refractivity contribution in [1.29, 1.82) is 0 Å². The molecule has 4 aromatic rings. The summed E-state index contributed by atoms with van der Waals surface area (Å²) in [5.74, 6) is -1.74. The van der Waals surface area contributed by atoms with E-state index >= 15 is 0 Å². The van der Waals surface area contributed by atoms with Gasteiger partial charge in [-0.1, -0.05) is 72.8 Å². The minimum absolute atomic E-state index is 0.0187. The van der Waals surface area contributed by atoms with E-state index in [9.17, 15) is 24.3 Å². The van der Waals surface area contributed by atoms with E-state index in [4.69, 9.17) is 9.47 Å². The van der Waals surface area contributed by atoms with E-state index in [1.165, 1.54) is 18.2 Å². The van der Waals surface area contributed by atoms with E-state index in [1.54, 1.807) is 55.6 Å². The Hall–Kier alpha value is -5.64. The Morgan fingerprint density at radius 2 is 1.49 bits per heavy atom. The lowest BCUT2D eigenvalue weighted by Crippen LogP contribution is -2.54. The van der Waals surface area contributed by atoms with Crippen molar-refractivity contribution in [2.24, 2.45) is 0 Å². The van der Waals surface area contributed by atoms with Gasteiger partial charge in [0.25, 0.3) is 5.91 Å². The lowest BCUT2D eigenvalue weighted by molar-refractivity contribution is -0.156. The molecule has 0 aliphatic carbocycles. The van der Waals surface area contributed by atoms with Gasteiger partial charge in [-0.15, -0.1) is 0 Å². The van der Waals surface area contributed by atoms with E-state index in [0.29, 0.717) is 22.6 Å². The summed E-state index contributed by atoms with van der Waals surface area (Å²) < 4.78 is 10.8. The first-order valence-electron chi connectivity index (χ1n) is 14.4. The summed E-state index contributed by atoms with van der Waals surface area (Å²) in [6, 6.07) is 27.2. The fourth-order valence-corrected chi connectivity index (χ4v) is 5.15. The molecule has 1 heterocycles. The monoisotopic (exact) mass is 607 g/mol. The molecule has 4 N–H and O–H groups in total. The molecule has 0 saturated heterocycles. The molecule has 45 heavy (non-hydrogen) atoms. The average molecular weight is 608 g/mol. The van der Waals surface area contributed by atoms with Gasteiger partial charge >= 0.3 is 5.97 Å². The molecule has 1 aliphatic rings. The van der Waals surface area contributed by atoms with E-state index in [0.717, 1.165) is 11.1 Å². The molecule has 1 aliphatic heterocycles. The molecule has 5 rings (SSSR count). The highest BCUT2D eigenvalue weighted by molar-refractivity contribution is 6.00. The second-order valence-corrected chi connectivity index (χ2v) is 10.7. The summed E-state index contributed by atoms with van der Waals surface area (Å²) in [5.41, 5.74) is 2.92. The Morgan fingerprint density at radius 1 is 0.844 bits per heavy atom. The Kier molecular flexibility index (Phi) is 9.74. The maximum absolute atomic E-state index is 13.9. The molecule has 0 bridgehead atoms. The number of carbonyl (C=O) groups is 4. The van der Waals surface area contributed by atoms with Crippen molar-refractivity contribution in [3.8, 4) is 11.5 Å². The van der Waals surface area contributed by atoms with Crippen LogP contribution in [0.15, 0.2) is 103 Å². The number of aromatic hydroxyl groups is 1. The number of hydrogen-bond acceptors (Lipinski definition) is 7. The molecule has 3 amide bonds. The highest BCUT2D eigenvalue weighted by Gasteiger charge is 2.41. The zero-order valence-corrected chi connectivity index (χ0v) is 24.6. The van der Waals surface area contributed by atoms with Crippen LogP contribution in [0.25, 0.3) is 0 Å². The number of esters is 1. The van der Waals surface area contributed by atoms with Crippen LogP contribution in [0.5, 0.6) is 11.5 Å². The predicted molar refractivity (Wildman–Crippen MR) is 166 cm³/mol. The maximum atomic E-state index is 13.9. The molecule has 0 saturated carbocycles. The van der Waals surface area contributed by atoms with Crippen molar-refractivity contribution in [3.63, 3.8) is 0 Å². The minimum Gasteiger partial charge on any atom is -0.508 e. The smallest absolute Gasteiger partial charge is 0.311 e. The average Bonchev–Trinajstić information content (AvgIpc) is 3.04. The molecule has 230 valence electrons. The van der Waals surface area contributed by atoms with Crippen molar-refractivity contribution in [3.05, 3.63) is 125 Å². The summed E-state index contributed by atoms with van der Waals surface area (Å²) in [6.07, 6.45) is -1.35. The summed E-state index contributed by atoms with van der Waals surface area (Å²) in [6.45, 7) is 0. The highest BCUT2D eigenvalue weighted by atomic mass is 16.5. The molecule has 0 radical (unpaired) electrons. The second kappa shape index (κ2) is 14.2. The number of phenolic OH excluding ortho intramolecular Hbond substituents is 1. The van der Waals surface area contributed by atoms with Crippen LogP contribution in [0.4, 0.5) is 5.69 Å². The number of methoxy groups -OCH3 is 1. The van der Waals surface area contributed by atoms with Crippen LogP contribution >= 0.6 is 0 Å². The first-order chi connectivity index (χ1) is 21.8. The number of rotatable bonds is 11. The molecule has 0 spiro atoms. The van der Waals surface area contributed by atoms with Crippen LogP contribution in [0, 0.1) is 0 Å². The summed E-state index contributed by atoms with van der Waals surface area (Å²) >= 11 is 0. The number of benzene rings is 4. The van der Waals surface area contributed by atoms with Crippen LogP contribution in [-0.2, 0) is 43.2 Å². The third kappa shape index (κ3) is 8.05. The van der Waals surface area contributed by atoms with Crippen molar-refractivity contribution in [2.45, 2.75) is 37.5 Å². The highest BCUT2D eigenvalue weighted by Crippen LogP contribution is 2.35. The first kappa shape index (κ1) is 30.8. The minimum atomic E-state index is -1.44. The van der Waals surface area contributed by atoms with Gasteiger partial charge in [0, 0.05) is 17.7 Å². The largest absolute Gasteiger partial charge is 0.508 e. The summed E-state index contributed by atoms with van der Waals surface area (Å²) in [5, 5.41) is 18.6. The van der Waals surface area contributed by atoms with Crippen LogP contribution < -0.4 is 20.7 Å². The number of carbonyl (C=O) groups excluding carboxylic acids is 4. The Bertz CT molecular complexity index is 1660. The predicted octanol–water partition coefficient (Wildman–Crippen LogP) is 3.63. The van der Waals surface area contributed by atoms with Crippen LogP contribution in [0.2, 0.25) is 0 Å². The molecule has 0 unspecified atom stereocenters. The van der Waals surface area contributed by atoms with Crippen molar-refractivity contribution in [1.82, 2.24) is 10.6 Å². The summed E-state index contributed by atoms with van der Waals surface area (Å²) in [4.78, 5) is 53.3. The summed E-state index contributed by atoms with van der Waals surface area (Å²) in [7, 11) is 1.55. The number of anilines is 1. The lowest BCUT2D eigenvalue weighted by atomic mass is 9.93. The van der Waals surface area contributed by atoms with Gasteiger partial charge in [0.2, 0.25) is 17.9 Å². The molecule has 0 fully saturated rings. The fraction of sp³-hybridized carbons (Fsp3) is 0.200. The number of amides is 3. The Labute approximate surface area is 260 Å². The van der Waals surface area contributed by atoms with Gasteiger partial charge in [-0.25, -0.2) is 0 Å². The number of ether oxygens (including phenoxy) is 2. The topological polar surface area (TPSA) is 143 Å². The van der Waals surface area contributed by atoms with Crippen molar-refractivity contribution in [2.75, 3.05) is 12.4 Å². The zero-order valence-electron chi connectivity index (χ0n) is 24.6. The lowest BCUT2D eigenvalue weighted by Gasteiger charge is -2.34. The van der Waals surface area contributed by atoms with E-state index < -0.39 is 36.0 Å². The van der Waals surface area contributed by atoms with E-state index in [1.807, 2.05) is 36.4 Å². The third-order valence-corrected chi connectivity index (χ3v) is 7.39. The molecular weight excluding hydrogens is 574 g/mol. The molecule has 10 heteroatoms. The quantitative estimate of drug-likeness (QED) is 0.151. The number of nitrogens with one attached hydrogen (secondary N) is 3. The van der Waals surface area contributed by atoms with Crippen LogP contribution in [0.3, 0.4) is 0 Å². The van der Waals surface area contributed by atoms with Crippen LogP contribution in [0.1, 0.15) is 28.3 Å². The Balaban J connectivity index is 1.39. The van der Waals surface area contributed by atoms with Crippen molar-refractivity contribution >= 4 is 29.4 Å². The zero-order chi connectivity index (χ0) is 31.8. The van der Waals surface area contributed by atoms with Gasteiger partial charge in [-0.2, -0.15) is 0 Å². The van der Waals surface area contributed by atoms with Gasteiger partial charge in [0.15, 0.2) is 0 Å². The SMILES string of the molecule is COc1ccc(CC(=O)N[C@@H](Cc2ccccc2)C(=O)N[C@H]2c3cc(O)ccc3NC(=O)[C@@H]2OC(=O)Cc2ccccc2)cc1. The first-order valence-corrected chi connectivity index (χ1v) is 14.4. The van der Waals surface area contributed by atoms with E-state index in [-0.39, 0.29) is 30.9 Å². The molecule has 10 nitrogen and oxygen atoms in total. The van der Waals surface area contributed by atoms with Gasteiger partial charge in [0.1, 0.15) is 23.6 Å². The molecule has 3 atom stereocenters. The number of fused-ring (bicyclic) bond motifs is 1. The van der Waals surface area contributed by atoms with Crippen LogP contribution in [-0.4, -0.2) is 48.1 Å². The second-order valence-electron chi connectivity index (χ2n) is 10.7. The standard InChI is InChI=1S/C35H33N3O7/c1-44-26-15-12-24(13-16-26)19-30(40)36-29(18-22-8-4-2-5-9-22)34(42)38-32-27-21-25(39)14-17-28(27)37-35(43)33(32)45-31(41)20-23-10-6-3-7-11-23/h2-17,21,29,32-33,39H,18-20H2,1H3,(H,36,40)(H,37,43)(H,38,42)/t29-,32-,33+/m0/s1. The van der Waals surface area contributed by atoms with Gasteiger partial charge in [-0.3, -0.25) is 19.2 Å². The van der Waals surface area contributed by atoms with Gasteiger partial charge < -0.3 is 30.5 Å². The normalized spacial score (nSPS) is 16.0. The maximum Gasteiger partial charge on any atom is 0.311 e.